The van der Waals surface area contributed by atoms with Crippen molar-refractivity contribution in [3.8, 4) is 0 Å². The van der Waals surface area contributed by atoms with E-state index < -0.39 is 0 Å². The molecule has 0 amide bonds. The van der Waals surface area contributed by atoms with Gasteiger partial charge in [-0.25, -0.2) is 0 Å². The van der Waals surface area contributed by atoms with Crippen molar-refractivity contribution in [1.29, 1.82) is 0 Å². The molecular weight excluding hydrogens is 290 g/mol. The molecule has 1 rings (SSSR count). The van der Waals surface area contributed by atoms with Crippen molar-refractivity contribution in [1.82, 2.24) is 5.32 Å². The molecule has 1 N–H and O–H groups in total. The van der Waals surface area contributed by atoms with Crippen molar-refractivity contribution in [3.63, 3.8) is 0 Å². The van der Waals surface area contributed by atoms with Crippen molar-refractivity contribution in [2.45, 2.75) is 26.2 Å². The summed E-state index contributed by atoms with van der Waals surface area (Å²) in [6.07, 6.45) is 3.49. The standard InChI is InChI=1S/C15H24BrNO/c1-3-17-12-14(7-5-9-18-2)10-13-6-4-8-15(16)11-13/h4,6,8,11,14,17H,3,5,7,9-10,12H2,1-2H3. The van der Waals surface area contributed by atoms with E-state index in [0.717, 1.165) is 32.5 Å². The Morgan fingerprint density at radius 2 is 2.22 bits per heavy atom. The SMILES string of the molecule is CCNCC(CCCOC)Cc1cccc(Br)c1. The summed E-state index contributed by atoms with van der Waals surface area (Å²) < 4.78 is 6.30. The van der Waals surface area contributed by atoms with Crippen LogP contribution in [0.15, 0.2) is 28.7 Å². The zero-order valence-corrected chi connectivity index (χ0v) is 13.0. The minimum atomic E-state index is 0.689. The maximum atomic E-state index is 5.14. The van der Waals surface area contributed by atoms with E-state index in [1.54, 1.807) is 7.11 Å². The molecule has 2 nitrogen and oxygen atoms in total. The maximum absolute atomic E-state index is 5.14. The van der Waals surface area contributed by atoms with Gasteiger partial charge in [-0.15, -0.1) is 0 Å². The van der Waals surface area contributed by atoms with Crippen molar-refractivity contribution in [2.24, 2.45) is 5.92 Å². The van der Waals surface area contributed by atoms with Crippen molar-refractivity contribution >= 4 is 15.9 Å². The lowest BCUT2D eigenvalue weighted by atomic mass is 9.95. The molecule has 0 aliphatic carbocycles. The highest BCUT2D eigenvalue weighted by Gasteiger charge is 2.09. The van der Waals surface area contributed by atoms with Crippen LogP contribution in [-0.4, -0.2) is 26.8 Å². The first-order valence-corrected chi connectivity index (χ1v) is 7.49. The third-order valence-corrected chi connectivity index (χ3v) is 3.55. The first kappa shape index (κ1) is 15.7. The largest absolute Gasteiger partial charge is 0.385 e. The number of ether oxygens (including phenoxy) is 1. The summed E-state index contributed by atoms with van der Waals surface area (Å²) in [4.78, 5) is 0. The van der Waals surface area contributed by atoms with E-state index >= 15 is 0 Å². The van der Waals surface area contributed by atoms with Crippen LogP contribution in [0, 0.1) is 5.92 Å². The van der Waals surface area contributed by atoms with Gasteiger partial charge in [0, 0.05) is 18.2 Å². The Morgan fingerprint density at radius 1 is 1.39 bits per heavy atom. The van der Waals surface area contributed by atoms with Gasteiger partial charge in [-0.3, -0.25) is 0 Å². The van der Waals surface area contributed by atoms with E-state index in [0.29, 0.717) is 5.92 Å². The summed E-state index contributed by atoms with van der Waals surface area (Å²) in [5, 5.41) is 3.46. The molecule has 102 valence electrons. The van der Waals surface area contributed by atoms with Gasteiger partial charge in [0.25, 0.3) is 0 Å². The third kappa shape index (κ3) is 6.53. The number of hydrogen-bond acceptors (Lipinski definition) is 2. The van der Waals surface area contributed by atoms with Gasteiger partial charge >= 0.3 is 0 Å². The molecule has 0 saturated heterocycles. The van der Waals surface area contributed by atoms with Crippen molar-refractivity contribution in [3.05, 3.63) is 34.3 Å². The van der Waals surface area contributed by atoms with E-state index in [4.69, 9.17) is 4.74 Å². The molecule has 1 aromatic rings. The Hall–Kier alpha value is -0.380. The highest BCUT2D eigenvalue weighted by Crippen LogP contribution is 2.17. The van der Waals surface area contributed by atoms with Gasteiger partial charge < -0.3 is 10.1 Å². The summed E-state index contributed by atoms with van der Waals surface area (Å²) in [5.74, 6) is 0.689. The van der Waals surface area contributed by atoms with Gasteiger partial charge in [0.2, 0.25) is 0 Å². The highest BCUT2D eigenvalue weighted by molar-refractivity contribution is 9.10. The maximum Gasteiger partial charge on any atom is 0.0462 e. The second-order valence-corrected chi connectivity index (χ2v) is 5.56. The van der Waals surface area contributed by atoms with Crippen LogP contribution in [0.1, 0.15) is 25.3 Å². The fraction of sp³-hybridized carbons (Fsp3) is 0.600. The predicted octanol–water partition coefficient (Wildman–Crippen LogP) is 3.64. The first-order valence-electron chi connectivity index (χ1n) is 6.70. The monoisotopic (exact) mass is 313 g/mol. The van der Waals surface area contributed by atoms with Gasteiger partial charge in [0.1, 0.15) is 0 Å². The van der Waals surface area contributed by atoms with Crippen LogP contribution in [0.2, 0.25) is 0 Å². The summed E-state index contributed by atoms with van der Waals surface area (Å²) in [7, 11) is 1.77. The minimum absolute atomic E-state index is 0.689. The molecule has 0 bridgehead atoms. The molecule has 0 saturated carbocycles. The van der Waals surface area contributed by atoms with Crippen LogP contribution >= 0.6 is 15.9 Å². The van der Waals surface area contributed by atoms with E-state index in [2.05, 4.69) is 52.4 Å². The van der Waals surface area contributed by atoms with Crippen LogP contribution in [-0.2, 0) is 11.2 Å². The van der Waals surface area contributed by atoms with Gasteiger partial charge in [-0.05, 0) is 56.0 Å². The lowest BCUT2D eigenvalue weighted by Gasteiger charge is -2.17. The average molecular weight is 314 g/mol. The molecule has 0 fully saturated rings. The second kappa shape index (κ2) is 9.54. The quantitative estimate of drug-likeness (QED) is 0.703. The van der Waals surface area contributed by atoms with E-state index in [-0.39, 0.29) is 0 Å². The third-order valence-electron chi connectivity index (χ3n) is 3.06. The summed E-state index contributed by atoms with van der Waals surface area (Å²) in [5.41, 5.74) is 1.41. The molecule has 1 unspecified atom stereocenters. The molecule has 0 radical (unpaired) electrons. The number of methoxy groups -OCH3 is 1. The van der Waals surface area contributed by atoms with Crippen LogP contribution < -0.4 is 5.32 Å². The molecule has 3 heteroatoms. The molecular formula is C15H24BrNO. The highest BCUT2D eigenvalue weighted by atomic mass is 79.9. The predicted molar refractivity (Wildman–Crippen MR) is 81.0 cm³/mol. The number of halogens is 1. The van der Waals surface area contributed by atoms with Crippen molar-refractivity contribution in [2.75, 3.05) is 26.8 Å². The zero-order chi connectivity index (χ0) is 13.2. The second-order valence-electron chi connectivity index (χ2n) is 4.64. The normalized spacial score (nSPS) is 12.6. The van der Waals surface area contributed by atoms with E-state index in [9.17, 15) is 0 Å². The smallest absolute Gasteiger partial charge is 0.0462 e. The fourth-order valence-electron chi connectivity index (χ4n) is 2.14. The van der Waals surface area contributed by atoms with Crippen molar-refractivity contribution < 1.29 is 4.74 Å². The summed E-state index contributed by atoms with van der Waals surface area (Å²) >= 11 is 3.53. The first-order chi connectivity index (χ1) is 8.76. The molecule has 0 spiro atoms. The number of rotatable bonds is 9. The average Bonchev–Trinajstić information content (AvgIpc) is 2.36. The summed E-state index contributed by atoms with van der Waals surface area (Å²) in [6.45, 7) is 5.15. The minimum Gasteiger partial charge on any atom is -0.385 e. The topological polar surface area (TPSA) is 21.3 Å². The van der Waals surface area contributed by atoms with E-state index in [1.165, 1.54) is 16.5 Å². The zero-order valence-electron chi connectivity index (χ0n) is 11.4. The molecule has 0 aromatic heterocycles. The Balaban J connectivity index is 2.48. The molecule has 0 heterocycles. The lowest BCUT2D eigenvalue weighted by molar-refractivity contribution is 0.186. The Kier molecular flexibility index (Phi) is 8.31. The Labute approximate surface area is 119 Å². The summed E-state index contributed by atoms with van der Waals surface area (Å²) in [6, 6.07) is 8.61. The molecule has 0 aliphatic heterocycles. The van der Waals surface area contributed by atoms with Crippen LogP contribution in [0.4, 0.5) is 0 Å². The van der Waals surface area contributed by atoms with Gasteiger partial charge in [0.15, 0.2) is 0 Å². The molecule has 0 aliphatic rings. The van der Waals surface area contributed by atoms with Crippen LogP contribution in [0.3, 0.4) is 0 Å². The Bertz CT molecular complexity index is 330. The van der Waals surface area contributed by atoms with Gasteiger partial charge in [0.05, 0.1) is 0 Å². The molecule has 18 heavy (non-hydrogen) atoms. The Morgan fingerprint density at radius 3 is 2.89 bits per heavy atom. The number of benzene rings is 1. The van der Waals surface area contributed by atoms with Crippen LogP contribution in [0.5, 0.6) is 0 Å². The number of hydrogen-bond donors (Lipinski definition) is 1. The van der Waals surface area contributed by atoms with Crippen LogP contribution in [0.25, 0.3) is 0 Å². The van der Waals surface area contributed by atoms with Gasteiger partial charge in [-0.1, -0.05) is 35.0 Å². The lowest BCUT2D eigenvalue weighted by Crippen LogP contribution is -2.24. The van der Waals surface area contributed by atoms with E-state index in [1.807, 2.05) is 0 Å². The fourth-order valence-corrected chi connectivity index (χ4v) is 2.59. The van der Waals surface area contributed by atoms with Gasteiger partial charge in [-0.2, -0.15) is 0 Å². The molecule has 1 aromatic carbocycles. The molecule has 1 atom stereocenters. The number of nitrogens with one attached hydrogen (secondary N) is 1.